The SMILES string of the molecule is CC(=O)Nc1nc2c(s1)-c1c(c(-c3cccnc3)nn1C1CCC(C(=O)N3CCC(N(C)CCN(C)C)CC3)CC1)CC2. The minimum Gasteiger partial charge on any atom is -0.342 e. The zero-order valence-corrected chi connectivity index (χ0v) is 26.7. The summed E-state index contributed by atoms with van der Waals surface area (Å²) in [6.45, 7) is 5.36. The molecule has 0 bridgehead atoms. The molecule has 0 spiro atoms. The third-order valence-electron chi connectivity index (χ3n) is 9.44. The van der Waals surface area contributed by atoms with Crippen molar-refractivity contribution < 1.29 is 9.59 Å². The minimum absolute atomic E-state index is 0.0915. The fourth-order valence-electron chi connectivity index (χ4n) is 6.99. The van der Waals surface area contributed by atoms with Gasteiger partial charge in [0, 0.05) is 68.6 Å². The number of amides is 2. The van der Waals surface area contributed by atoms with Crippen LogP contribution < -0.4 is 5.32 Å². The first kappa shape index (κ1) is 29.9. The first-order valence-corrected chi connectivity index (χ1v) is 16.5. The predicted octanol–water partition coefficient (Wildman–Crippen LogP) is 4.34. The number of piperidine rings is 1. The van der Waals surface area contributed by atoms with Gasteiger partial charge in [-0.3, -0.25) is 19.3 Å². The minimum atomic E-state index is -0.112. The van der Waals surface area contributed by atoms with Crippen molar-refractivity contribution in [3.8, 4) is 21.8 Å². The predicted molar refractivity (Wildman–Crippen MR) is 170 cm³/mol. The second kappa shape index (κ2) is 12.8. The Morgan fingerprint density at radius 3 is 2.49 bits per heavy atom. The second-order valence-corrected chi connectivity index (χ2v) is 13.7. The Bertz CT molecular complexity index is 1430. The van der Waals surface area contributed by atoms with Gasteiger partial charge in [-0.05, 0) is 84.6 Å². The molecule has 1 aliphatic heterocycles. The lowest BCUT2D eigenvalue weighted by molar-refractivity contribution is -0.138. The van der Waals surface area contributed by atoms with Gasteiger partial charge >= 0.3 is 0 Å². The summed E-state index contributed by atoms with van der Waals surface area (Å²) in [5.74, 6) is 0.323. The number of pyridine rings is 1. The molecule has 4 heterocycles. The lowest BCUT2D eigenvalue weighted by Crippen LogP contribution is -2.48. The standard InChI is InChI=1S/C32H44N8O2S/c1-21(41)34-32-35-27-12-11-26-28(23-6-5-15-33-20-23)36-40(29(26)30(27)43-32)25-9-7-22(8-10-25)31(42)39-16-13-24(14-17-39)38(4)19-18-37(2)3/h5-6,15,20,22,24-25H,7-14,16-19H2,1-4H3,(H,34,35,41). The van der Waals surface area contributed by atoms with Crippen LogP contribution in [0.15, 0.2) is 24.5 Å². The molecule has 0 radical (unpaired) electrons. The molecule has 0 unspecified atom stereocenters. The largest absolute Gasteiger partial charge is 0.342 e. The third kappa shape index (κ3) is 6.39. The van der Waals surface area contributed by atoms with Crippen molar-refractivity contribution in [1.29, 1.82) is 0 Å². The molecule has 11 heteroatoms. The van der Waals surface area contributed by atoms with Crippen LogP contribution in [0.25, 0.3) is 21.8 Å². The van der Waals surface area contributed by atoms with Crippen LogP contribution in [-0.2, 0) is 22.4 Å². The van der Waals surface area contributed by atoms with Crippen molar-refractivity contribution in [2.24, 2.45) is 5.92 Å². The topological polar surface area (TPSA) is 99.5 Å². The van der Waals surface area contributed by atoms with Crippen molar-refractivity contribution in [2.45, 2.75) is 70.4 Å². The molecule has 10 nitrogen and oxygen atoms in total. The number of likely N-dealkylation sites (N-methyl/N-ethyl adjacent to an activating group) is 2. The molecule has 2 aliphatic carbocycles. The normalized spacial score (nSPS) is 20.7. The first-order valence-electron chi connectivity index (χ1n) is 15.7. The molecular formula is C32H44N8O2S. The van der Waals surface area contributed by atoms with Crippen molar-refractivity contribution in [3.63, 3.8) is 0 Å². The van der Waals surface area contributed by atoms with Gasteiger partial charge in [-0.25, -0.2) is 4.98 Å². The summed E-state index contributed by atoms with van der Waals surface area (Å²) in [7, 11) is 6.45. The molecule has 0 aromatic carbocycles. The highest BCUT2D eigenvalue weighted by Crippen LogP contribution is 2.46. The Balaban J connectivity index is 1.16. The van der Waals surface area contributed by atoms with Gasteiger partial charge in [-0.15, -0.1) is 0 Å². The summed E-state index contributed by atoms with van der Waals surface area (Å²) in [4.78, 5) is 42.4. The van der Waals surface area contributed by atoms with E-state index >= 15 is 0 Å². The zero-order chi connectivity index (χ0) is 30.1. The number of rotatable bonds is 8. The summed E-state index contributed by atoms with van der Waals surface area (Å²) in [5, 5.41) is 8.75. The molecular weight excluding hydrogens is 560 g/mol. The molecule has 3 aromatic rings. The Kier molecular flexibility index (Phi) is 8.93. The number of hydrogen-bond donors (Lipinski definition) is 1. The van der Waals surface area contributed by atoms with E-state index < -0.39 is 0 Å². The Morgan fingerprint density at radius 2 is 1.81 bits per heavy atom. The maximum atomic E-state index is 13.6. The summed E-state index contributed by atoms with van der Waals surface area (Å²) < 4.78 is 2.22. The highest BCUT2D eigenvalue weighted by atomic mass is 32.1. The van der Waals surface area contributed by atoms with E-state index in [0.29, 0.717) is 17.1 Å². The molecule has 2 fully saturated rings. The summed E-state index contributed by atoms with van der Waals surface area (Å²) in [6.07, 6.45) is 11.1. The van der Waals surface area contributed by atoms with Gasteiger partial charge in [0.2, 0.25) is 11.8 Å². The molecule has 3 aromatic heterocycles. The smallest absolute Gasteiger partial charge is 0.225 e. The molecule has 1 saturated carbocycles. The number of hydrogen-bond acceptors (Lipinski definition) is 8. The summed E-state index contributed by atoms with van der Waals surface area (Å²) in [6, 6.07) is 4.81. The van der Waals surface area contributed by atoms with E-state index in [1.807, 2.05) is 12.3 Å². The van der Waals surface area contributed by atoms with Crippen LogP contribution in [-0.4, -0.2) is 99.6 Å². The molecule has 1 saturated heterocycles. The van der Waals surface area contributed by atoms with Crippen LogP contribution in [0.2, 0.25) is 0 Å². The number of thiazole rings is 1. The van der Waals surface area contributed by atoms with Crippen LogP contribution in [0, 0.1) is 5.92 Å². The van der Waals surface area contributed by atoms with E-state index in [1.54, 1.807) is 6.20 Å². The van der Waals surface area contributed by atoms with Crippen LogP contribution >= 0.6 is 11.3 Å². The van der Waals surface area contributed by atoms with Gasteiger partial charge in [-0.2, -0.15) is 5.10 Å². The van der Waals surface area contributed by atoms with Crippen LogP contribution in [0.3, 0.4) is 0 Å². The Morgan fingerprint density at radius 1 is 1.05 bits per heavy atom. The molecule has 230 valence electrons. The number of aromatic nitrogens is 4. The average Bonchev–Trinajstić information content (AvgIpc) is 3.61. The highest BCUT2D eigenvalue weighted by molar-refractivity contribution is 7.19. The maximum Gasteiger partial charge on any atom is 0.225 e. The first-order chi connectivity index (χ1) is 20.8. The Labute approximate surface area is 258 Å². The monoisotopic (exact) mass is 604 g/mol. The van der Waals surface area contributed by atoms with Crippen LogP contribution in [0.5, 0.6) is 0 Å². The van der Waals surface area contributed by atoms with Crippen molar-refractivity contribution >= 4 is 28.3 Å². The van der Waals surface area contributed by atoms with E-state index in [2.05, 4.69) is 56.9 Å². The lowest BCUT2D eigenvalue weighted by Gasteiger charge is -2.39. The van der Waals surface area contributed by atoms with Gasteiger partial charge in [0.25, 0.3) is 0 Å². The molecule has 2 amide bonds. The second-order valence-electron chi connectivity index (χ2n) is 12.7. The molecule has 1 N–H and O–H groups in total. The van der Waals surface area contributed by atoms with Gasteiger partial charge in [0.05, 0.1) is 28.0 Å². The van der Waals surface area contributed by atoms with Crippen molar-refractivity contribution in [3.05, 3.63) is 35.8 Å². The fraction of sp³-hybridized carbons (Fsp3) is 0.594. The number of likely N-dealkylation sites (tertiary alicyclic amines) is 1. The third-order valence-corrected chi connectivity index (χ3v) is 10.5. The van der Waals surface area contributed by atoms with Crippen molar-refractivity contribution in [1.82, 2.24) is 34.4 Å². The maximum absolute atomic E-state index is 13.6. The van der Waals surface area contributed by atoms with E-state index in [0.717, 1.165) is 105 Å². The average molecular weight is 605 g/mol. The van der Waals surface area contributed by atoms with E-state index in [1.165, 1.54) is 23.8 Å². The van der Waals surface area contributed by atoms with E-state index in [-0.39, 0.29) is 17.9 Å². The van der Waals surface area contributed by atoms with Crippen LogP contribution in [0.1, 0.15) is 62.7 Å². The molecule has 43 heavy (non-hydrogen) atoms. The Hall–Kier alpha value is -3.15. The zero-order valence-electron chi connectivity index (χ0n) is 25.9. The van der Waals surface area contributed by atoms with Gasteiger partial charge in [0.1, 0.15) is 0 Å². The van der Waals surface area contributed by atoms with Gasteiger partial charge in [0.15, 0.2) is 5.13 Å². The number of nitrogens with zero attached hydrogens (tertiary/aromatic N) is 7. The van der Waals surface area contributed by atoms with Gasteiger partial charge in [-0.1, -0.05) is 11.3 Å². The number of anilines is 1. The number of fused-ring (bicyclic) bond motifs is 3. The molecule has 0 atom stereocenters. The van der Waals surface area contributed by atoms with Crippen LogP contribution in [0.4, 0.5) is 5.13 Å². The van der Waals surface area contributed by atoms with Crippen molar-refractivity contribution in [2.75, 3.05) is 52.6 Å². The number of carbonyl (C=O) groups is 2. The molecule has 6 rings (SSSR count). The number of aryl methyl sites for hydroxylation is 1. The lowest BCUT2D eigenvalue weighted by atomic mass is 9.84. The number of carbonyl (C=O) groups excluding carboxylic acids is 2. The molecule has 3 aliphatic rings. The fourth-order valence-corrected chi connectivity index (χ4v) is 8.11. The summed E-state index contributed by atoms with van der Waals surface area (Å²) >= 11 is 1.54. The summed E-state index contributed by atoms with van der Waals surface area (Å²) in [5.41, 5.74) is 5.39. The number of nitrogens with one attached hydrogen (secondary N) is 1. The highest BCUT2D eigenvalue weighted by Gasteiger charge is 2.36. The quantitative estimate of drug-likeness (QED) is 0.408. The van der Waals surface area contributed by atoms with Gasteiger partial charge < -0.3 is 20.0 Å². The van der Waals surface area contributed by atoms with E-state index in [4.69, 9.17) is 10.1 Å². The van der Waals surface area contributed by atoms with E-state index in [9.17, 15) is 9.59 Å².